The molecule has 0 unspecified atom stereocenters. The van der Waals surface area contributed by atoms with Crippen molar-refractivity contribution in [1.29, 1.82) is 0 Å². The van der Waals surface area contributed by atoms with Gasteiger partial charge in [-0.25, -0.2) is 9.59 Å². The largest absolute Gasteiger partial charge is 0.448 e. The molecule has 0 bridgehead atoms. The number of aryl methyl sites for hydroxylation is 2. The molecule has 1 aliphatic carbocycles. The molecule has 0 spiro atoms. The molecule has 0 aromatic carbocycles. The second-order valence-corrected chi connectivity index (χ2v) is 6.83. The Balaban J connectivity index is 2.09. The molecule has 0 saturated heterocycles. The maximum Gasteiger partial charge on any atom is 0.349 e. The summed E-state index contributed by atoms with van der Waals surface area (Å²) in [7, 11) is 0. The molecule has 6 nitrogen and oxygen atoms in total. The summed E-state index contributed by atoms with van der Waals surface area (Å²) in [5.41, 5.74) is 6.13. The van der Waals surface area contributed by atoms with Crippen molar-refractivity contribution in [2.75, 3.05) is 0 Å². The van der Waals surface area contributed by atoms with Crippen molar-refractivity contribution in [1.82, 2.24) is 5.32 Å². The Kier molecular flexibility index (Phi) is 5.18. The molecule has 1 heterocycles. The standard InChI is InChI=1S/C15H20N2O4S/c1-8(2)12(13(18)17-15(16)20)21-14(19)11-7-9-5-3-4-6-10(9)22-11/h7-8,12H,3-6H2,1-2H3,(H3,16,17,18,20)/t12-/m1/s1. The monoisotopic (exact) mass is 324 g/mol. The van der Waals surface area contributed by atoms with E-state index in [-0.39, 0.29) is 5.92 Å². The number of thiophene rings is 1. The predicted molar refractivity (Wildman–Crippen MR) is 82.7 cm³/mol. The molecule has 1 aromatic heterocycles. The van der Waals surface area contributed by atoms with Crippen molar-refractivity contribution < 1.29 is 19.1 Å². The number of ether oxygens (including phenoxy) is 1. The Labute approximate surface area is 133 Å². The maximum absolute atomic E-state index is 12.3. The first-order chi connectivity index (χ1) is 10.4. The molecule has 1 aliphatic rings. The van der Waals surface area contributed by atoms with Crippen LogP contribution >= 0.6 is 11.3 Å². The third-order valence-corrected chi connectivity index (χ3v) is 4.76. The summed E-state index contributed by atoms with van der Waals surface area (Å²) in [5, 5.41) is 1.96. The van der Waals surface area contributed by atoms with Crippen LogP contribution in [0, 0.1) is 5.92 Å². The van der Waals surface area contributed by atoms with Gasteiger partial charge in [0.1, 0.15) is 4.88 Å². The van der Waals surface area contributed by atoms with E-state index in [9.17, 15) is 14.4 Å². The molecule has 3 amide bonds. The Morgan fingerprint density at radius 2 is 1.95 bits per heavy atom. The van der Waals surface area contributed by atoms with E-state index < -0.39 is 24.0 Å². The quantitative estimate of drug-likeness (QED) is 0.828. The van der Waals surface area contributed by atoms with Crippen LogP contribution in [0.2, 0.25) is 0 Å². The zero-order valence-corrected chi connectivity index (χ0v) is 13.5. The predicted octanol–water partition coefficient (Wildman–Crippen LogP) is 2.00. The summed E-state index contributed by atoms with van der Waals surface area (Å²) >= 11 is 1.42. The van der Waals surface area contributed by atoms with Gasteiger partial charge in [-0.2, -0.15) is 0 Å². The van der Waals surface area contributed by atoms with E-state index >= 15 is 0 Å². The zero-order chi connectivity index (χ0) is 16.3. The van der Waals surface area contributed by atoms with Gasteiger partial charge in [0, 0.05) is 4.88 Å². The summed E-state index contributed by atoms with van der Waals surface area (Å²) in [5.74, 6) is -1.49. The van der Waals surface area contributed by atoms with Crippen LogP contribution < -0.4 is 11.1 Å². The summed E-state index contributed by atoms with van der Waals surface area (Å²) in [6.07, 6.45) is 3.20. The number of fused-ring (bicyclic) bond motifs is 1. The summed E-state index contributed by atoms with van der Waals surface area (Å²) in [6.45, 7) is 3.47. The lowest BCUT2D eigenvalue weighted by Crippen LogP contribution is -2.45. The molecule has 22 heavy (non-hydrogen) atoms. The minimum absolute atomic E-state index is 0.266. The molecule has 1 atom stereocenters. The Morgan fingerprint density at radius 1 is 1.27 bits per heavy atom. The number of nitrogens with one attached hydrogen (secondary N) is 1. The molecule has 0 aliphatic heterocycles. The zero-order valence-electron chi connectivity index (χ0n) is 12.7. The van der Waals surface area contributed by atoms with E-state index in [0.717, 1.165) is 25.7 Å². The lowest BCUT2D eigenvalue weighted by Gasteiger charge is -2.19. The molecule has 0 saturated carbocycles. The van der Waals surface area contributed by atoms with E-state index in [1.165, 1.54) is 21.8 Å². The van der Waals surface area contributed by atoms with Crippen LogP contribution in [-0.2, 0) is 22.4 Å². The molecule has 0 fully saturated rings. The maximum atomic E-state index is 12.3. The van der Waals surface area contributed by atoms with Crippen molar-refractivity contribution in [2.24, 2.45) is 11.7 Å². The third-order valence-electron chi connectivity index (χ3n) is 3.54. The Hall–Kier alpha value is -1.89. The number of amides is 3. The first-order valence-electron chi connectivity index (χ1n) is 7.31. The number of hydrogen-bond donors (Lipinski definition) is 2. The SMILES string of the molecule is CC(C)[C@@H](OC(=O)c1cc2c(s1)CCCC2)C(=O)NC(N)=O. The fraction of sp³-hybridized carbons (Fsp3) is 0.533. The first kappa shape index (κ1) is 16.5. The van der Waals surface area contributed by atoms with Crippen LogP contribution in [0.15, 0.2) is 6.07 Å². The van der Waals surface area contributed by atoms with Gasteiger partial charge in [0.15, 0.2) is 6.10 Å². The summed E-state index contributed by atoms with van der Waals surface area (Å²) < 4.78 is 5.29. The van der Waals surface area contributed by atoms with Crippen LogP contribution in [0.25, 0.3) is 0 Å². The smallest absolute Gasteiger partial charge is 0.349 e. The molecule has 2 rings (SSSR count). The van der Waals surface area contributed by atoms with Crippen molar-refractivity contribution in [3.63, 3.8) is 0 Å². The van der Waals surface area contributed by atoms with E-state index in [4.69, 9.17) is 10.5 Å². The van der Waals surface area contributed by atoms with Gasteiger partial charge >= 0.3 is 12.0 Å². The van der Waals surface area contributed by atoms with Crippen molar-refractivity contribution in [3.05, 3.63) is 21.4 Å². The van der Waals surface area contributed by atoms with Gasteiger partial charge < -0.3 is 10.5 Å². The Morgan fingerprint density at radius 3 is 2.55 bits per heavy atom. The van der Waals surface area contributed by atoms with Crippen LogP contribution in [0.5, 0.6) is 0 Å². The number of imide groups is 1. The lowest BCUT2D eigenvalue weighted by atomic mass is 9.99. The number of carbonyl (C=O) groups is 3. The highest BCUT2D eigenvalue weighted by Gasteiger charge is 2.29. The fourth-order valence-corrected chi connectivity index (χ4v) is 3.59. The average molecular weight is 324 g/mol. The minimum Gasteiger partial charge on any atom is -0.448 e. The first-order valence-corrected chi connectivity index (χ1v) is 8.13. The van der Waals surface area contributed by atoms with Gasteiger partial charge in [0.2, 0.25) is 0 Å². The number of esters is 1. The number of urea groups is 1. The second kappa shape index (κ2) is 6.91. The molecule has 0 radical (unpaired) electrons. The van der Waals surface area contributed by atoms with Crippen LogP contribution in [0.1, 0.15) is 46.8 Å². The second-order valence-electron chi connectivity index (χ2n) is 5.69. The van der Waals surface area contributed by atoms with Crippen molar-refractivity contribution in [2.45, 2.75) is 45.6 Å². The van der Waals surface area contributed by atoms with E-state index in [1.54, 1.807) is 13.8 Å². The van der Waals surface area contributed by atoms with Crippen molar-refractivity contribution in [3.8, 4) is 0 Å². The minimum atomic E-state index is -1.04. The fourth-order valence-electron chi connectivity index (χ4n) is 2.45. The number of nitrogens with two attached hydrogens (primary N) is 1. The molecule has 1 aromatic rings. The van der Waals surface area contributed by atoms with Gasteiger partial charge in [0.25, 0.3) is 5.91 Å². The average Bonchev–Trinajstić information content (AvgIpc) is 2.87. The number of primary amides is 1. The van der Waals surface area contributed by atoms with E-state index in [1.807, 2.05) is 11.4 Å². The number of carbonyl (C=O) groups excluding carboxylic acids is 3. The van der Waals surface area contributed by atoms with Gasteiger partial charge in [-0.15, -0.1) is 11.3 Å². The Bertz CT molecular complexity index is 571. The highest BCUT2D eigenvalue weighted by atomic mass is 32.1. The van der Waals surface area contributed by atoms with E-state index in [0.29, 0.717) is 4.88 Å². The summed E-state index contributed by atoms with van der Waals surface area (Å²) in [4.78, 5) is 36.6. The number of rotatable bonds is 4. The molecular weight excluding hydrogens is 304 g/mol. The van der Waals surface area contributed by atoms with E-state index in [2.05, 4.69) is 0 Å². The van der Waals surface area contributed by atoms with Crippen molar-refractivity contribution >= 4 is 29.2 Å². The normalized spacial score (nSPS) is 15.0. The van der Waals surface area contributed by atoms with Crippen LogP contribution in [-0.4, -0.2) is 24.0 Å². The van der Waals surface area contributed by atoms with Gasteiger partial charge in [0.05, 0.1) is 0 Å². The molecule has 120 valence electrons. The summed E-state index contributed by atoms with van der Waals surface area (Å²) in [6, 6.07) is 0.892. The lowest BCUT2D eigenvalue weighted by molar-refractivity contribution is -0.130. The third kappa shape index (κ3) is 3.85. The van der Waals surface area contributed by atoms with Crippen LogP contribution in [0.3, 0.4) is 0 Å². The highest BCUT2D eigenvalue weighted by Crippen LogP contribution is 2.30. The topological polar surface area (TPSA) is 98.5 Å². The number of hydrogen-bond acceptors (Lipinski definition) is 5. The molecule has 7 heteroatoms. The van der Waals surface area contributed by atoms with Gasteiger partial charge in [-0.3, -0.25) is 10.1 Å². The van der Waals surface area contributed by atoms with Gasteiger partial charge in [-0.1, -0.05) is 13.8 Å². The highest BCUT2D eigenvalue weighted by molar-refractivity contribution is 7.14. The van der Waals surface area contributed by atoms with Crippen LogP contribution in [0.4, 0.5) is 4.79 Å². The molecule has 3 N–H and O–H groups in total. The van der Waals surface area contributed by atoms with Gasteiger partial charge in [-0.05, 0) is 43.2 Å². The molecular formula is C15H20N2O4S.